The summed E-state index contributed by atoms with van der Waals surface area (Å²) in [5.74, 6) is 1.81. The molecule has 0 amide bonds. The molecule has 33 heavy (non-hydrogen) atoms. The Morgan fingerprint density at radius 3 is 2.24 bits per heavy atom. The number of benzene rings is 1. The van der Waals surface area contributed by atoms with Crippen molar-refractivity contribution in [3.8, 4) is 0 Å². The zero-order valence-corrected chi connectivity index (χ0v) is 22.4. The zero-order valence-electron chi connectivity index (χ0n) is 20.1. The molecule has 180 valence electrons. The average Bonchev–Trinajstić information content (AvgIpc) is 2.85. The molecule has 1 aromatic heterocycles. The number of nitrogens with one attached hydrogen (secondary N) is 1. The van der Waals surface area contributed by atoms with Crippen LogP contribution in [0, 0.1) is 13.8 Å². The standard InChI is InChI=1S/C24H36N8.HI/c1-20-6-4-7-22(21(20)2)30-14-12-29(13-15-30)11-10-28-23(25-3)31-16-18-32(19-17-31)24-26-8-5-9-27-24;/h4-9H,10-19H2,1-3H3,(H,25,28);1H. The van der Waals surface area contributed by atoms with E-state index in [1.165, 1.54) is 16.8 Å². The predicted molar refractivity (Wildman–Crippen MR) is 147 cm³/mol. The lowest BCUT2D eigenvalue weighted by Crippen LogP contribution is -2.54. The van der Waals surface area contributed by atoms with E-state index in [2.05, 4.69) is 71.9 Å². The molecule has 2 saturated heterocycles. The molecule has 0 bridgehead atoms. The first-order valence-electron chi connectivity index (χ1n) is 11.7. The van der Waals surface area contributed by atoms with Gasteiger partial charge in [-0.05, 0) is 37.1 Å². The molecular weight excluding hydrogens is 527 g/mol. The van der Waals surface area contributed by atoms with E-state index in [1.807, 2.05) is 13.1 Å². The van der Waals surface area contributed by atoms with Crippen LogP contribution in [-0.2, 0) is 0 Å². The van der Waals surface area contributed by atoms with Gasteiger partial charge in [0.1, 0.15) is 0 Å². The summed E-state index contributed by atoms with van der Waals surface area (Å²) in [6.07, 6.45) is 3.61. The Kier molecular flexibility index (Phi) is 9.54. The minimum absolute atomic E-state index is 0. The summed E-state index contributed by atoms with van der Waals surface area (Å²) in [5.41, 5.74) is 4.17. The highest BCUT2D eigenvalue weighted by Gasteiger charge is 2.22. The fourth-order valence-corrected chi connectivity index (χ4v) is 4.52. The molecule has 0 radical (unpaired) electrons. The van der Waals surface area contributed by atoms with Gasteiger partial charge in [0, 0.05) is 90.6 Å². The largest absolute Gasteiger partial charge is 0.369 e. The highest BCUT2D eigenvalue weighted by Crippen LogP contribution is 2.23. The number of hydrogen-bond acceptors (Lipinski definition) is 6. The lowest BCUT2D eigenvalue weighted by molar-refractivity contribution is 0.259. The number of halogens is 1. The number of aliphatic imine (C=N–C) groups is 1. The van der Waals surface area contributed by atoms with Gasteiger partial charge < -0.3 is 20.0 Å². The van der Waals surface area contributed by atoms with Gasteiger partial charge in [0.2, 0.25) is 5.95 Å². The predicted octanol–water partition coefficient (Wildman–Crippen LogP) is 2.23. The van der Waals surface area contributed by atoms with E-state index in [0.717, 1.165) is 77.4 Å². The van der Waals surface area contributed by atoms with Crippen LogP contribution in [0.1, 0.15) is 11.1 Å². The number of piperazine rings is 2. The first kappa shape index (κ1) is 25.5. The van der Waals surface area contributed by atoms with Crippen LogP contribution in [0.4, 0.5) is 11.6 Å². The van der Waals surface area contributed by atoms with Crippen molar-refractivity contribution in [2.24, 2.45) is 4.99 Å². The van der Waals surface area contributed by atoms with Crippen molar-refractivity contribution in [3.05, 3.63) is 47.8 Å². The molecular formula is C24H37IN8. The Labute approximate surface area is 215 Å². The lowest BCUT2D eigenvalue weighted by Gasteiger charge is -2.38. The number of nitrogens with zero attached hydrogens (tertiary/aromatic N) is 7. The quantitative estimate of drug-likeness (QED) is 0.340. The Bertz CT molecular complexity index is 891. The summed E-state index contributed by atoms with van der Waals surface area (Å²) in [5, 5.41) is 3.57. The first-order chi connectivity index (χ1) is 15.7. The average molecular weight is 565 g/mol. The van der Waals surface area contributed by atoms with Crippen molar-refractivity contribution in [1.29, 1.82) is 0 Å². The van der Waals surface area contributed by atoms with Crippen molar-refractivity contribution in [2.45, 2.75) is 13.8 Å². The van der Waals surface area contributed by atoms with Crippen LogP contribution in [0.5, 0.6) is 0 Å². The molecule has 1 aromatic carbocycles. The third kappa shape index (κ3) is 6.47. The summed E-state index contributed by atoms with van der Waals surface area (Å²) in [6, 6.07) is 8.48. The summed E-state index contributed by atoms with van der Waals surface area (Å²) in [7, 11) is 1.87. The highest BCUT2D eigenvalue weighted by molar-refractivity contribution is 14.0. The molecule has 2 fully saturated rings. The van der Waals surface area contributed by atoms with Crippen molar-refractivity contribution in [3.63, 3.8) is 0 Å². The van der Waals surface area contributed by atoms with Gasteiger partial charge in [-0.15, -0.1) is 24.0 Å². The van der Waals surface area contributed by atoms with Gasteiger partial charge in [-0.25, -0.2) is 9.97 Å². The van der Waals surface area contributed by atoms with Gasteiger partial charge in [-0.2, -0.15) is 0 Å². The van der Waals surface area contributed by atoms with Crippen molar-refractivity contribution >= 4 is 41.6 Å². The van der Waals surface area contributed by atoms with E-state index in [9.17, 15) is 0 Å². The van der Waals surface area contributed by atoms with Gasteiger partial charge in [0.05, 0.1) is 0 Å². The smallest absolute Gasteiger partial charge is 0.225 e. The molecule has 0 unspecified atom stereocenters. The van der Waals surface area contributed by atoms with E-state index < -0.39 is 0 Å². The number of anilines is 2. The summed E-state index contributed by atoms with van der Waals surface area (Å²) in [4.78, 5) is 22.9. The van der Waals surface area contributed by atoms with Gasteiger partial charge in [0.15, 0.2) is 5.96 Å². The van der Waals surface area contributed by atoms with Crippen LogP contribution < -0.4 is 15.1 Å². The topological polar surface area (TPSA) is 63.1 Å². The fourth-order valence-electron chi connectivity index (χ4n) is 4.52. The third-order valence-electron chi connectivity index (χ3n) is 6.63. The van der Waals surface area contributed by atoms with E-state index in [0.29, 0.717) is 0 Å². The van der Waals surface area contributed by atoms with E-state index in [4.69, 9.17) is 0 Å². The minimum Gasteiger partial charge on any atom is -0.369 e. The third-order valence-corrected chi connectivity index (χ3v) is 6.63. The van der Waals surface area contributed by atoms with Crippen molar-refractivity contribution < 1.29 is 0 Å². The molecule has 4 rings (SSSR count). The summed E-state index contributed by atoms with van der Waals surface area (Å²) in [6.45, 7) is 14.4. The highest BCUT2D eigenvalue weighted by atomic mass is 127. The van der Waals surface area contributed by atoms with Gasteiger partial charge in [0.25, 0.3) is 0 Å². The molecule has 1 N–H and O–H groups in total. The van der Waals surface area contributed by atoms with Crippen LogP contribution in [-0.4, -0.2) is 98.2 Å². The second-order valence-corrected chi connectivity index (χ2v) is 8.54. The van der Waals surface area contributed by atoms with Crippen LogP contribution >= 0.6 is 24.0 Å². The maximum absolute atomic E-state index is 4.52. The van der Waals surface area contributed by atoms with Crippen LogP contribution in [0.2, 0.25) is 0 Å². The lowest BCUT2D eigenvalue weighted by atomic mass is 10.1. The van der Waals surface area contributed by atoms with Crippen LogP contribution in [0.25, 0.3) is 0 Å². The first-order valence-corrected chi connectivity index (χ1v) is 11.7. The van der Waals surface area contributed by atoms with E-state index >= 15 is 0 Å². The number of aryl methyl sites for hydroxylation is 1. The minimum atomic E-state index is 0. The maximum atomic E-state index is 4.52. The monoisotopic (exact) mass is 564 g/mol. The van der Waals surface area contributed by atoms with E-state index in [-0.39, 0.29) is 24.0 Å². The Morgan fingerprint density at radius 1 is 0.909 bits per heavy atom. The number of rotatable bonds is 5. The molecule has 0 atom stereocenters. The molecule has 0 saturated carbocycles. The summed E-state index contributed by atoms with van der Waals surface area (Å²) < 4.78 is 0. The fraction of sp³-hybridized carbons (Fsp3) is 0.542. The zero-order chi connectivity index (χ0) is 22.3. The van der Waals surface area contributed by atoms with Gasteiger partial charge in [-0.1, -0.05) is 12.1 Å². The molecule has 3 heterocycles. The second kappa shape index (κ2) is 12.4. The Hall–Kier alpha value is -2.14. The van der Waals surface area contributed by atoms with Crippen LogP contribution in [0.15, 0.2) is 41.7 Å². The maximum Gasteiger partial charge on any atom is 0.225 e. The SMILES string of the molecule is CN=C(NCCN1CCN(c2cccc(C)c2C)CC1)N1CCN(c2ncccn2)CC1.I. The Morgan fingerprint density at radius 2 is 1.58 bits per heavy atom. The normalized spacial score (nSPS) is 17.7. The molecule has 2 aromatic rings. The van der Waals surface area contributed by atoms with Gasteiger partial charge in [-0.3, -0.25) is 9.89 Å². The molecule has 0 aliphatic carbocycles. The van der Waals surface area contributed by atoms with Crippen molar-refractivity contribution in [1.82, 2.24) is 25.1 Å². The number of guanidine groups is 1. The van der Waals surface area contributed by atoms with Gasteiger partial charge >= 0.3 is 0 Å². The molecule has 9 heteroatoms. The molecule has 0 spiro atoms. The van der Waals surface area contributed by atoms with E-state index in [1.54, 1.807) is 12.4 Å². The van der Waals surface area contributed by atoms with Crippen LogP contribution in [0.3, 0.4) is 0 Å². The number of aromatic nitrogens is 2. The molecule has 2 aliphatic heterocycles. The Balaban J connectivity index is 0.00000306. The molecule has 8 nitrogen and oxygen atoms in total. The summed E-state index contributed by atoms with van der Waals surface area (Å²) >= 11 is 0. The number of hydrogen-bond donors (Lipinski definition) is 1. The van der Waals surface area contributed by atoms with Crippen molar-refractivity contribution in [2.75, 3.05) is 82.3 Å². The molecule has 2 aliphatic rings. The second-order valence-electron chi connectivity index (χ2n) is 8.54.